The van der Waals surface area contributed by atoms with Crippen molar-refractivity contribution in [2.45, 2.75) is 67.1 Å². The summed E-state index contributed by atoms with van der Waals surface area (Å²) in [6.07, 6.45) is 5.25. The van der Waals surface area contributed by atoms with Gasteiger partial charge in [0, 0.05) is 129 Å². The third-order valence-corrected chi connectivity index (χ3v) is 16.5. The Balaban J connectivity index is 0.000000201. The molecule has 6 aromatic carbocycles. The molecule has 3 aliphatic heterocycles. The molecule has 3 aromatic heterocycles. The van der Waals surface area contributed by atoms with Crippen LogP contribution in [0.4, 0.5) is 79.7 Å². The van der Waals surface area contributed by atoms with Crippen molar-refractivity contribution in [1.29, 1.82) is 0 Å². The number of hydrogen-bond acceptors (Lipinski definition) is 17. The molecule has 3 fully saturated rings. The lowest BCUT2D eigenvalue weighted by Gasteiger charge is -2.36. The molecule has 12 rings (SSSR count). The normalized spacial score (nSPS) is 13.7. The molecule has 0 radical (unpaired) electrons. The number of fused-ring (bicyclic) bond motifs is 3. The number of nitrogens with zero attached hydrogens (tertiary/aromatic N) is 12. The molecule has 106 heavy (non-hydrogen) atoms. The number of allylic oxidation sites excluding steroid dienone is 1. The third-order valence-electron chi connectivity index (χ3n) is 15.8. The van der Waals surface area contributed by atoms with E-state index in [0.29, 0.717) is 120 Å². The average Bonchev–Trinajstić information content (AvgIpc) is 0.767. The topological polar surface area (TPSA) is 224 Å². The SMILES string of the molecule is C.C=CC(=O)N1CCN(c2ncnc3c(F)c(-c4ccc(F)cc4F)c(F)cc23)CC1.C=CC(C)=O.CC(C)(C)OC(=O)N1CCN(c2ncnc3c(F)c(-c4ccc(F)cc4F)c(F)cc23)CC1.CC(C)(C)OC(=O)N1CCN(c2ncnc3c(F)c(Br)c(F)cc23)CC1.OB(O)c1ccc(F)cc1F. The second-order valence-electron chi connectivity index (χ2n) is 25.4. The van der Waals surface area contributed by atoms with E-state index >= 15 is 8.78 Å². The van der Waals surface area contributed by atoms with Gasteiger partial charge in [0.05, 0.1) is 15.6 Å². The Labute approximate surface area is 609 Å². The summed E-state index contributed by atoms with van der Waals surface area (Å²) in [6.45, 7) is 23.8. The molecule has 0 atom stereocenters. The van der Waals surface area contributed by atoms with Crippen molar-refractivity contribution < 1.29 is 91.4 Å². The summed E-state index contributed by atoms with van der Waals surface area (Å²) in [4.78, 5) is 80.5. The second-order valence-corrected chi connectivity index (χ2v) is 26.2. The molecule has 9 aromatic rings. The Hall–Kier alpha value is -10.5. The summed E-state index contributed by atoms with van der Waals surface area (Å²) < 4.78 is 179. The van der Waals surface area contributed by atoms with E-state index in [2.05, 4.69) is 59.0 Å². The van der Waals surface area contributed by atoms with Crippen molar-refractivity contribution in [2.24, 2.45) is 0 Å². The van der Waals surface area contributed by atoms with Crippen molar-refractivity contribution in [3.8, 4) is 22.3 Å². The van der Waals surface area contributed by atoms with Gasteiger partial charge >= 0.3 is 19.3 Å². The molecule has 0 bridgehead atoms. The minimum absolute atomic E-state index is 0. The van der Waals surface area contributed by atoms with Crippen LogP contribution in [-0.2, 0) is 19.1 Å². The molecule has 0 unspecified atom stereocenters. The number of ether oxygens (including phenoxy) is 2. The standard InChI is InChI=1S/C23H22F4N4O2.C21H16F4N4O.C17H19BrF2N4O2.C6H5BF2O2.C4H6O.CH4/c1-23(2,3)33-22(32)31-8-6-30(7-9-31)21-15-11-17(26)18(19(27)20(15)28-12-29-21)14-5-4-13(24)10-16(14)25;1-2-17(30)28-5-7-29(8-6-28)21-14-10-16(24)18(19(25)20(14)26-11-27-21)13-4-3-12(22)9-15(13)23;1-17(2,3)26-16(25)24-6-4-23(5-7-24)15-10-8-11(19)12(18)13(20)14(10)21-9-22-15;8-4-1-2-5(7(10)11)6(9)3-4;1-3-4(2)5;/h4-5,10-12H,6-9H2,1-3H3;2-4,9-11H,1,5-8H2;8-9H,4-7H2,1-3H3;1-3,10-11H;3H,1H2,2H3;1H4. The Morgan fingerprint density at radius 2 is 0.774 bits per heavy atom. The summed E-state index contributed by atoms with van der Waals surface area (Å²) in [7, 11) is -1.89. The van der Waals surface area contributed by atoms with Crippen molar-refractivity contribution in [1.82, 2.24) is 44.6 Å². The van der Waals surface area contributed by atoms with Crippen molar-refractivity contribution in [2.75, 3.05) is 93.2 Å². The monoisotopic (exact) mass is 1550 g/mol. The van der Waals surface area contributed by atoms with Crippen LogP contribution in [0.1, 0.15) is 55.9 Å². The first kappa shape index (κ1) is 82.8. The maximum atomic E-state index is 15.3. The first-order valence-corrected chi connectivity index (χ1v) is 32.8. The lowest BCUT2D eigenvalue weighted by Crippen LogP contribution is -2.50. The molecule has 0 aliphatic carbocycles. The van der Waals surface area contributed by atoms with Crippen LogP contribution in [0.25, 0.3) is 55.0 Å². The third kappa shape index (κ3) is 20.3. The number of hydrogen-bond donors (Lipinski definition) is 2. The molecular weight excluding hydrogens is 1480 g/mol. The zero-order valence-electron chi connectivity index (χ0n) is 57.4. The number of ketones is 1. The Morgan fingerprint density at radius 1 is 0.453 bits per heavy atom. The highest BCUT2D eigenvalue weighted by atomic mass is 79.9. The maximum Gasteiger partial charge on any atom is 0.491 e. The number of amides is 3. The van der Waals surface area contributed by atoms with Gasteiger partial charge in [-0.1, -0.05) is 26.7 Å². The van der Waals surface area contributed by atoms with E-state index < -0.39 is 116 Å². The fraction of sp³-hybridized carbons (Fsp3) is 0.306. The fourth-order valence-corrected chi connectivity index (χ4v) is 11.1. The van der Waals surface area contributed by atoms with Crippen LogP contribution < -0.4 is 20.2 Å². The Morgan fingerprint density at radius 3 is 1.08 bits per heavy atom. The van der Waals surface area contributed by atoms with Crippen molar-refractivity contribution >= 4 is 103 Å². The van der Waals surface area contributed by atoms with E-state index in [1.807, 2.05) is 25.7 Å². The number of carbonyl (C=O) groups excluding carboxylic acids is 4. The van der Waals surface area contributed by atoms with Gasteiger partial charge in [0.15, 0.2) is 23.2 Å². The molecule has 3 saturated heterocycles. The lowest BCUT2D eigenvalue weighted by molar-refractivity contribution is -0.126. The van der Waals surface area contributed by atoms with Gasteiger partial charge in [-0.25, -0.2) is 92.2 Å². The van der Waals surface area contributed by atoms with Crippen molar-refractivity contribution in [3.05, 3.63) is 191 Å². The van der Waals surface area contributed by atoms with Crippen LogP contribution in [0.3, 0.4) is 0 Å². The number of benzene rings is 6. The predicted molar refractivity (Wildman–Crippen MR) is 380 cm³/mol. The number of halogens is 13. The molecule has 3 amide bonds. The van der Waals surface area contributed by atoms with E-state index in [1.165, 1.54) is 31.5 Å². The first-order valence-electron chi connectivity index (χ1n) is 32.0. The molecular formula is C72H72BBrF12N12O8. The Kier molecular flexibility index (Phi) is 27.8. The van der Waals surface area contributed by atoms with Crippen LogP contribution in [0.2, 0.25) is 0 Å². The maximum absolute atomic E-state index is 15.3. The second kappa shape index (κ2) is 35.5. The largest absolute Gasteiger partial charge is 0.491 e. The Bertz CT molecular complexity index is 4750. The van der Waals surface area contributed by atoms with Gasteiger partial charge in [-0.15, -0.1) is 0 Å². The highest BCUT2D eigenvalue weighted by Crippen LogP contribution is 2.39. The lowest BCUT2D eigenvalue weighted by atomic mass is 9.80. The van der Waals surface area contributed by atoms with Gasteiger partial charge in [0.25, 0.3) is 0 Å². The number of anilines is 3. The molecule has 6 heterocycles. The summed E-state index contributed by atoms with van der Waals surface area (Å²) in [6, 6.07) is 10.8. The fourth-order valence-electron chi connectivity index (χ4n) is 10.8. The van der Waals surface area contributed by atoms with Crippen LogP contribution in [0, 0.1) is 69.8 Å². The summed E-state index contributed by atoms with van der Waals surface area (Å²) >= 11 is 2.89. The number of piperazine rings is 3. The van der Waals surface area contributed by atoms with Gasteiger partial charge < -0.3 is 48.9 Å². The highest BCUT2D eigenvalue weighted by Gasteiger charge is 2.32. The van der Waals surface area contributed by atoms with E-state index in [0.717, 1.165) is 61.2 Å². The summed E-state index contributed by atoms with van der Waals surface area (Å²) in [5.74, 6) is -10.3. The number of carbonyl (C=O) groups is 4. The van der Waals surface area contributed by atoms with Gasteiger partial charge in [0.2, 0.25) is 5.91 Å². The summed E-state index contributed by atoms with van der Waals surface area (Å²) in [5, 5.41) is 17.5. The van der Waals surface area contributed by atoms with Gasteiger partial charge in [-0.3, -0.25) is 9.59 Å². The molecule has 0 spiro atoms. The van der Waals surface area contributed by atoms with Crippen LogP contribution in [0.5, 0.6) is 0 Å². The minimum Gasteiger partial charge on any atom is -0.444 e. The molecule has 34 heteroatoms. The average molecular weight is 1550 g/mol. The van der Waals surface area contributed by atoms with Gasteiger partial charge in [0.1, 0.15) is 117 Å². The first-order chi connectivity index (χ1) is 49.5. The minimum atomic E-state index is -1.89. The molecule has 562 valence electrons. The molecule has 20 nitrogen and oxygen atoms in total. The number of aromatic nitrogens is 6. The summed E-state index contributed by atoms with van der Waals surface area (Å²) in [5.41, 5.74) is -3.86. The molecule has 3 aliphatic rings. The number of rotatable bonds is 8. The van der Waals surface area contributed by atoms with E-state index in [4.69, 9.17) is 19.5 Å². The van der Waals surface area contributed by atoms with E-state index in [9.17, 15) is 63.1 Å². The quantitative estimate of drug-likeness (QED) is 0.0624. The van der Waals surface area contributed by atoms with Crippen LogP contribution >= 0.6 is 15.9 Å². The smallest absolute Gasteiger partial charge is 0.444 e. The highest BCUT2D eigenvalue weighted by molar-refractivity contribution is 9.10. The predicted octanol–water partition coefficient (Wildman–Crippen LogP) is 13.4. The van der Waals surface area contributed by atoms with Crippen LogP contribution in [-0.4, -0.2) is 175 Å². The van der Waals surface area contributed by atoms with E-state index in [1.54, 1.807) is 45.3 Å². The molecule has 0 saturated carbocycles. The van der Waals surface area contributed by atoms with Gasteiger partial charge in [-0.2, -0.15) is 0 Å². The zero-order valence-corrected chi connectivity index (χ0v) is 59.0. The van der Waals surface area contributed by atoms with Crippen molar-refractivity contribution in [3.63, 3.8) is 0 Å². The van der Waals surface area contributed by atoms with Crippen LogP contribution in [0.15, 0.2) is 122 Å². The zero-order chi connectivity index (χ0) is 77.1. The van der Waals surface area contributed by atoms with Gasteiger partial charge in [-0.05, 0) is 125 Å². The molecule has 2 N–H and O–H groups in total. The van der Waals surface area contributed by atoms with E-state index in [-0.39, 0.29) is 62.5 Å².